The number of nitrogens with one attached hydrogen (secondary N) is 2. The Bertz CT molecular complexity index is 965. The van der Waals surface area contributed by atoms with Gasteiger partial charge in [0.2, 0.25) is 0 Å². The first kappa shape index (κ1) is 23.6. The number of carbonyl (C=O) groups excluding carboxylic acids is 2. The molecule has 8 nitrogen and oxygen atoms in total. The highest BCUT2D eigenvalue weighted by Gasteiger charge is 2.18. The van der Waals surface area contributed by atoms with E-state index in [1.165, 1.54) is 12.1 Å². The summed E-state index contributed by atoms with van der Waals surface area (Å²) >= 11 is 5.59. The Morgan fingerprint density at radius 3 is 2.84 bits per heavy atom. The fourth-order valence-corrected chi connectivity index (χ4v) is 2.98. The lowest BCUT2D eigenvalue weighted by Crippen LogP contribution is -2.31. The van der Waals surface area contributed by atoms with Crippen LogP contribution in [-0.4, -0.2) is 36.6 Å². The molecule has 1 unspecified atom stereocenters. The molecule has 170 valence electrons. The summed E-state index contributed by atoms with van der Waals surface area (Å²) in [5.74, 6) is -1.23. The molecule has 0 spiro atoms. The molecule has 1 aromatic carbocycles. The zero-order chi connectivity index (χ0) is 22.9. The number of pyridine rings is 1. The van der Waals surface area contributed by atoms with Gasteiger partial charge in [0.1, 0.15) is 23.4 Å². The molecule has 1 saturated heterocycles. The van der Waals surface area contributed by atoms with E-state index in [0.29, 0.717) is 18.7 Å². The maximum Gasteiger partial charge on any atom is 0.273 e. The first-order valence-corrected chi connectivity index (χ1v) is 10.4. The summed E-state index contributed by atoms with van der Waals surface area (Å²) < 4.78 is 18.6. The van der Waals surface area contributed by atoms with Crippen molar-refractivity contribution in [1.29, 1.82) is 0 Å². The zero-order valence-electron chi connectivity index (χ0n) is 17.2. The van der Waals surface area contributed by atoms with Crippen molar-refractivity contribution in [1.82, 2.24) is 15.6 Å². The van der Waals surface area contributed by atoms with Gasteiger partial charge in [-0.1, -0.05) is 24.2 Å². The molecule has 2 amide bonds. The van der Waals surface area contributed by atoms with Gasteiger partial charge in [0.05, 0.1) is 11.6 Å². The second-order valence-corrected chi connectivity index (χ2v) is 7.46. The summed E-state index contributed by atoms with van der Waals surface area (Å²) in [6, 6.07) is 7.29. The van der Waals surface area contributed by atoms with E-state index in [2.05, 4.69) is 22.2 Å². The van der Waals surface area contributed by atoms with Crippen molar-refractivity contribution < 1.29 is 28.5 Å². The minimum atomic E-state index is -0.628. The number of halogens is 2. The topological polar surface area (TPSA) is 98.8 Å². The van der Waals surface area contributed by atoms with Crippen LogP contribution in [0, 0.1) is 5.82 Å². The molecule has 10 heteroatoms. The smallest absolute Gasteiger partial charge is 0.273 e. The van der Waals surface area contributed by atoms with Gasteiger partial charge in [0.25, 0.3) is 11.8 Å². The van der Waals surface area contributed by atoms with Crippen LogP contribution in [0.1, 0.15) is 41.4 Å². The molecule has 1 fully saturated rings. The number of hydrogen-bond donors (Lipinski definition) is 2. The average molecular weight is 464 g/mol. The fourth-order valence-electron chi connectivity index (χ4n) is 2.86. The molecule has 1 atom stereocenters. The number of ether oxygens (including phenoxy) is 1. The molecule has 2 heterocycles. The highest BCUT2D eigenvalue weighted by atomic mass is 35.5. The van der Waals surface area contributed by atoms with Crippen LogP contribution in [0.3, 0.4) is 0 Å². The molecule has 2 N–H and O–H groups in total. The van der Waals surface area contributed by atoms with Crippen LogP contribution in [0.2, 0.25) is 5.02 Å². The predicted molar refractivity (Wildman–Crippen MR) is 114 cm³/mol. The van der Waals surface area contributed by atoms with Gasteiger partial charge in [-0.3, -0.25) is 14.6 Å². The Hall–Kier alpha value is -3.01. The highest BCUT2D eigenvalue weighted by molar-refractivity contribution is 6.30. The summed E-state index contributed by atoms with van der Waals surface area (Å²) in [6.07, 6.45) is 3.45. The Labute approximate surface area is 189 Å². The van der Waals surface area contributed by atoms with Crippen LogP contribution in [0.25, 0.3) is 0 Å². The van der Waals surface area contributed by atoms with E-state index >= 15 is 0 Å². The number of hydrogen-bond acceptors (Lipinski definition) is 6. The molecule has 0 aliphatic carbocycles. The summed E-state index contributed by atoms with van der Waals surface area (Å²) in [5, 5.41) is 5.25. The van der Waals surface area contributed by atoms with Gasteiger partial charge < -0.3 is 15.4 Å². The summed E-state index contributed by atoms with van der Waals surface area (Å²) in [5.41, 5.74) is 1.50. The molecule has 1 aromatic heterocycles. The lowest BCUT2D eigenvalue weighted by molar-refractivity contribution is -0.348. The second kappa shape index (κ2) is 11.6. The van der Waals surface area contributed by atoms with Crippen molar-refractivity contribution in [3.05, 3.63) is 70.9 Å². The van der Waals surface area contributed by atoms with Gasteiger partial charge in [0.15, 0.2) is 6.61 Å². The van der Waals surface area contributed by atoms with E-state index in [1.54, 1.807) is 18.3 Å². The SMILES string of the molecule is C=C(CCNC(=O)COc1ccc(Cl)c(F)c1)NC(=O)c1ccc(C2CCCOO2)cn1. The minimum absolute atomic E-state index is 0.0265. The fraction of sp³-hybridized carbons (Fsp3) is 0.318. The maximum atomic E-state index is 13.4. The number of aromatic nitrogens is 1. The number of nitrogens with zero attached hydrogens (tertiary/aromatic N) is 1. The standard InChI is InChI=1S/C22H23ClFN3O5/c1-14(8-9-25-21(28)13-30-16-5-6-17(23)18(24)11-16)27-22(29)19-7-4-15(12-26-19)20-3-2-10-31-32-20/h4-7,11-12,20H,1-3,8-10,13H2,(H,25,28)(H,27,29). The van der Waals surface area contributed by atoms with Crippen molar-refractivity contribution in [3.63, 3.8) is 0 Å². The quantitative estimate of drug-likeness (QED) is 0.552. The Balaban J connectivity index is 1.36. The number of carbonyl (C=O) groups is 2. The zero-order valence-corrected chi connectivity index (χ0v) is 18.0. The molecule has 3 rings (SSSR count). The Morgan fingerprint density at radius 1 is 1.31 bits per heavy atom. The average Bonchev–Trinajstić information content (AvgIpc) is 2.80. The molecular weight excluding hydrogens is 441 g/mol. The van der Waals surface area contributed by atoms with Crippen LogP contribution in [0.5, 0.6) is 5.75 Å². The van der Waals surface area contributed by atoms with Crippen molar-refractivity contribution in [3.8, 4) is 5.75 Å². The molecule has 32 heavy (non-hydrogen) atoms. The molecule has 2 aromatic rings. The van der Waals surface area contributed by atoms with Crippen LogP contribution >= 0.6 is 11.6 Å². The van der Waals surface area contributed by atoms with E-state index in [-0.39, 0.29) is 35.7 Å². The van der Waals surface area contributed by atoms with Gasteiger partial charge in [-0.25, -0.2) is 14.2 Å². The number of benzene rings is 1. The van der Waals surface area contributed by atoms with Crippen molar-refractivity contribution >= 4 is 23.4 Å². The minimum Gasteiger partial charge on any atom is -0.484 e. The van der Waals surface area contributed by atoms with Gasteiger partial charge in [-0.05, 0) is 31.0 Å². The number of amides is 2. The second-order valence-electron chi connectivity index (χ2n) is 7.05. The van der Waals surface area contributed by atoms with Crippen LogP contribution in [0.15, 0.2) is 48.8 Å². The van der Waals surface area contributed by atoms with E-state index in [4.69, 9.17) is 26.1 Å². The van der Waals surface area contributed by atoms with Crippen LogP contribution < -0.4 is 15.4 Å². The third-order valence-corrected chi connectivity index (χ3v) is 4.88. The van der Waals surface area contributed by atoms with Gasteiger partial charge in [-0.15, -0.1) is 0 Å². The summed E-state index contributed by atoms with van der Waals surface area (Å²) in [6.45, 7) is 4.31. The van der Waals surface area contributed by atoms with Crippen LogP contribution in [0.4, 0.5) is 4.39 Å². The maximum absolute atomic E-state index is 13.4. The van der Waals surface area contributed by atoms with Crippen molar-refractivity contribution in [2.75, 3.05) is 19.8 Å². The Morgan fingerprint density at radius 2 is 2.16 bits per heavy atom. The molecule has 0 saturated carbocycles. The Kier molecular flexibility index (Phi) is 8.55. The van der Waals surface area contributed by atoms with E-state index in [9.17, 15) is 14.0 Å². The summed E-state index contributed by atoms with van der Waals surface area (Å²) in [4.78, 5) is 38.6. The van der Waals surface area contributed by atoms with Gasteiger partial charge in [-0.2, -0.15) is 0 Å². The molecule has 0 radical (unpaired) electrons. The number of rotatable bonds is 9. The molecule has 1 aliphatic heterocycles. The van der Waals surface area contributed by atoms with Gasteiger partial charge >= 0.3 is 0 Å². The normalized spacial score (nSPS) is 15.6. The lowest BCUT2D eigenvalue weighted by Gasteiger charge is -2.21. The first-order valence-electron chi connectivity index (χ1n) is 10.0. The van der Waals surface area contributed by atoms with E-state index < -0.39 is 17.6 Å². The largest absolute Gasteiger partial charge is 0.484 e. The third kappa shape index (κ3) is 7.01. The molecule has 1 aliphatic rings. The monoisotopic (exact) mass is 463 g/mol. The highest BCUT2D eigenvalue weighted by Crippen LogP contribution is 2.26. The van der Waals surface area contributed by atoms with E-state index in [1.807, 2.05) is 0 Å². The predicted octanol–water partition coefficient (Wildman–Crippen LogP) is 3.49. The van der Waals surface area contributed by atoms with Gasteiger partial charge in [0, 0.05) is 36.5 Å². The molecule has 0 bridgehead atoms. The van der Waals surface area contributed by atoms with Crippen molar-refractivity contribution in [2.45, 2.75) is 25.4 Å². The summed E-state index contributed by atoms with van der Waals surface area (Å²) in [7, 11) is 0. The lowest BCUT2D eigenvalue weighted by atomic mass is 10.1. The molecular formula is C22H23ClFN3O5. The van der Waals surface area contributed by atoms with Crippen LogP contribution in [-0.2, 0) is 14.6 Å². The first-order chi connectivity index (χ1) is 15.4. The third-order valence-electron chi connectivity index (χ3n) is 4.57. The van der Waals surface area contributed by atoms with Crippen molar-refractivity contribution in [2.24, 2.45) is 0 Å². The van der Waals surface area contributed by atoms with E-state index in [0.717, 1.165) is 24.5 Å².